The molecule has 0 aliphatic rings. The number of aromatic nitrogens is 2. The normalized spacial score (nSPS) is 10.5. The summed E-state index contributed by atoms with van der Waals surface area (Å²) in [4.78, 5) is 12.3. The molecule has 1 amide bonds. The summed E-state index contributed by atoms with van der Waals surface area (Å²) in [6, 6.07) is 14.6. The van der Waals surface area contributed by atoms with E-state index in [2.05, 4.69) is 10.4 Å². The lowest BCUT2D eigenvalue weighted by atomic mass is 10.1. The van der Waals surface area contributed by atoms with Crippen molar-refractivity contribution >= 4 is 17.5 Å². The van der Waals surface area contributed by atoms with Crippen LogP contribution in [0.1, 0.15) is 21.5 Å². The third kappa shape index (κ3) is 4.84. The molecule has 0 spiro atoms. The van der Waals surface area contributed by atoms with Crippen LogP contribution in [0.5, 0.6) is 5.75 Å². The third-order valence-corrected chi connectivity index (χ3v) is 3.84. The van der Waals surface area contributed by atoms with Gasteiger partial charge in [-0.1, -0.05) is 29.8 Å². The Morgan fingerprint density at radius 3 is 2.80 bits per heavy atom. The number of benzene rings is 2. The Labute approximate surface area is 151 Å². The summed E-state index contributed by atoms with van der Waals surface area (Å²) in [5.74, 6) is 0.562. The molecule has 0 saturated carbocycles. The van der Waals surface area contributed by atoms with Gasteiger partial charge in [-0.2, -0.15) is 5.10 Å². The predicted octanol–water partition coefficient (Wildman–Crippen LogP) is 3.58. The molecule has 1 N–H and O–H groups in total. The summed E-state index contributed by atoms with van der Waals surface area (Å²) >= 11 is 5.94. The Bertz CT molecular complexity index is 876. The number of nitrogens with one attached hydrogen (secondary N) is 1. The highest BCUT2D eigenvalue weighted by atomic mass is 35.5. The van der Waals surface area contributed by atoms with Gasteiger partial charge in [0.05, 0.1) is 6.20 Å². The van der Waals surface area contributed by atoms with E-state index in [9.17, 15) is 4.79 Å². The molecule has 0 bridgehead atoms. The van der Waals surface area contributed by atoms with Gasteiger partial charge in [-0.05, 0) is 35.9 Å². The van der Waals surface area contributed by atoms with Crippen LogP contribution in [-0.2, 0) is 20.2 Å². The van der Waals surface area contributed by atoms with Crippen LogP contribution in [0.15, 0.2) is 60.9 Å². The van der Waals surface area contributed by atoms with Crippen molar-refractivity contribution in [3.8, 4) is 5.75 Å². The zero-order chi connectivity index (χ0) is 17.6. The van der Waals surface area contributed by atoms with E-state index in [0.29, 0.717) is 29.5 Å². The lowest BCUT2D eigenvalue weighted by molar-refractivity contribution is 0.0950. The topological polar surface area (TPSA) is 56.2 Å². The first kappa shape index (κ1) is 17.0. The van der Waals surface area contributed by atoms with E-state index in [1.807, 2.05) is 43.6 Å². The molecule has 2 aromatic carbocycles. The second kappa shape index (κ2) is 7.85. The molecule has 0 fully saturated rings. The first-order chi connectivity index (χ1) is 12.1. The molecule has 0 saturated heterocycles. The Kier molecular flexibility index (Phi) is 5.36. The van der Waals surface area contributed by atoms with E-state index in [1.165, 1.54) is 0 Å². The number of nitrogens with zero attached hydrogens (tertiary/aromatic N) is 2. The molecule has 128 valence electrons. The van der Waals surface area contributed by atoms with Gasteiger partial charge in [-0.25, -0.2) is 0 Å². The van der Waals surface area contributed by atoms with Crippen LogP contribution in [0.3, 0.4) is 0 Å². The monoisotopic (exact) mass is 355 g/mol. The number of ether oxygens (including phenoxy) is 1. The minimum absolute atomic E-state index is 0.131. The fourth-order valence-electron chi connectivity index (χ4n) is 2.37. The largest absolute Gasteiger partial charge is 0.489 e. The fourth-order valence-corrected chi connectivity index (χ4v) is 2.55. The minimum Gasteiger partial charge on any atom is -0.489 e. The first-order valence-corrected chi connectivity index (χ1v) is 8.21. The van der Waals surface area contributed by atoms with Crippen LogP contribution < -0.4 is 10.1 Å². The summed E-state index contributed by atoms with van der Waals surface area (Å²) in [6.07, 6.45) is 3.60. The van der Waals surface area contributed by atoms with E-state index in [4.69, 9.17) is 16.3 Å². The van der Waals surface area contributed by atoms with Crippen molar-refractivity contribution in [2.45, 2.75) is 13.2 Å². The number of rotatable bonds is 6. The minimum atomic E-state index is -0.131. The van der Waals surface area contributed by atoms with Crippen molar-refractivity contribution in [2.24, 2.45) is 7.05 Å². The van der Waals surface area contributed by atoms with E-state index in [-0.39, 0.29) is 5.91 Å². The summed E-state index contributed by atoms with van der Waals surface area (Å²) in [5, 5.41) is 7.59. The van der Waals surface area contributed by atoms with Crippen LogP contribution in [-0.4, -0.2) is 15.7 Å². The van der Waals surface area contributed by atoms with Gasteiger partial charge in [0.25, 0.3) is 5.91 Å². The smallest absolute Gasteiger partial charge is 0.251 e. The molecule has 0 aliphatic heterocycles. The van der Waals surface area contributed by atoms with Crippen molar-refractivity contribution < 1.29 is 9.53 Å². The second-order valence-corrected chi connectivity index (χ2v) is 6.09. The van der Waals surface area contributed by atoms with Gasteiger partial charge in [0.15, 0.2) is 0 Å². The third-order valence-electron chi connectivity index (χ3n) is 3.60. The molecule has 3 aromatic rings. The molecular weight excluding hydrogens is 338 g/mol. The van der Waals surface area contributed by atoms with Crippen LogP contribution in [0.25, 0.3) is 0 Å². The van der Waals surface area contributed by atoms with Gasteiger partial charge in [-0.15, -0.1) is 0 Å². The Balaban J connectivity index is 1.59. The van der Waals surface area contributed by atoms with Gasteiger partial charge >= 0.3 is 0 Å². The van der Waals surface area contributed by atoms with Gasteiger partial charge in [-0.3, -0.25) is 9.48 Å². The zero-order valence-corrected chi connectivity index (χ0v) is 14.5. The average Bonchev–Trinajstić information content (AvgIpc) is 3.03. The van der Waals surface area contributed by atoms with Crippen LogP contribution >= 0.6 is 11.6 Å². The molecule has 25 heavy (non-hydrogen) atoms. The fraction of sp³-hybridized carbons (Fsp3) is 0.158. The van der Waals surface area contributed by atoms with E-state index < -0.39 is 0 Å². The van der Waals surface area contributed by atoms with Crippen molar-refractivity contribution in [3.63, 3.8) is 0 Å². The summed E-state index contributed by atoms with van der Waals surface area (Å²) in [7, 11) is 1.84. The summed E-state index contributed by atoms with van der Waals surface area (Å²) in [5.41, 5.74) is 2.46. The summed E-state index contributed by atoms with van der Waals surface area (Å²) < 4.78 is 7.42. The highest BCUT2D eigenvalue weighted by Crippen LogP contribution is 2.18. The highest BCUT2D eigenvalue weighted by Gasteiger charge is 2.07. The van der Waals surface area contributed by atoms with Gasteiger partial charge < -0.3 is 10.1 Å². The van der Waals surface area contributed by atoms with Gasteiger partial charge in [0.2, 0.25) is 0 Å². The molecule has 0 unspecified atom stereocenters. The Hall–Kier alpha value is -2.79. The lowest BCUT2D eigenvalue weighted by Gasteiger charge is -2.08. The molecule has 6 heteroatoms. The number of halogens is 1. The number of hydrogen-bond acceptors (Lipinski definition) is 3. The molecule has 3 rings (SSSR count). The molecule has 1 aromatic heterocycles. The standard InChI is InChI=1S/C19H18ClN3O2/c1-23-12-15(11-22-23)10-21-19(24)16-5-2-4-14(8-16)13-25-18-7-3-6-17(20)9-18/h2-9,11-12H,10,13H2,1H3,(H,21,24). The SMILES string of the molecule is Cn1cc(CNC(=O)c2cccc(COc3cccc(Cl)c3)c2)cn1. The number of hydrogen-bond donors (Lipinski definition) is 1. The van der Waals surface area contributed by atoms with E-state index in [0.717, 1.165) is 11.1 Å². The van der Waals surface area contributed by atoms with Crippen molar-refractivity contribution in [1.29, 1.82) is 0 Å². The number of carbonyl (C=O) groups excluding carboxylic acids is 1. The Morgan fingerprint density at radius 2 is 2.04 bits per heavy atom. The molecule has 1 heterocycles. The molecule has 0 aliphatic carbocycles. The van der Waals surface area contributed by atoms with Crippen molar-refractivity contribution in [1.82, 2.24) is 15.1 Å². The number of carbonyl (C=O) groups is 1. The zero-order valence-electron chi connectivity index (χ0n) is 13.8. The molecular formula is C19H18ClN3O2. The second-order valence-electron chi connectivity index (χ2n) is 5.65. The Morgan fingerprint density at radius 1 is 1.20 bits per heavy atom. The maximum Gasteiger partial charge on any atom is 0.251 e. The lowest BCUT2D eigenvalue weighted by Crippen LogP contribution is -2.22. The quantitative estimate of drug-likeness (QED) is 0.735. The number of amides is 1. The average molecular weight is 356 g/mol. The van der Waals surface area contributed by atoms with Crippen molar-refractivity contribution in [2.75, 3.05) is 0 Å². The van der Waals surface area contributed by atoms with E-state index >= 15 is 0 Å². The van der Waals surface area contributed by atoms with Gasteiger partial charge in [0, 0.05) is 35.9 Å². The summed E-state index contributed by atoms with van der Waals surface area (Å²) in [6.45, 7) is 0.806. The maximum atomic E-state index is 12.3. The predicted molar refractivity (Wildman–Crippen MR) is 96.6 cm³/mol. The van der Waals surface area contributed by atoms with Gasteiger partial charge in [0.1, 0.15) is 12.4 Å². The number of aryl methyl sites for hydroxylation is 1. The van der Waals surface area contributed by atoms with Crippen LogP contribution in [0.4, 0.5) is 0 Å². The maximum absolute atomic E-state index is 12.3. The van der Waals surface area contributed by atoms with E-state index in [1.54, 1.807) is 29.1 Å². The molecule has 5 nitrogen and oxygen atoms in total. The van der Waals surface area contributed by atoms with Crippen molar-refractivity contribution in [3.05, 3.63) is 82.6 Å². The first-order valence-electron chi connectivity index (χ1n) is 7.83. The molecule has 0 atom stereocenters. The van der Waals surface area contributed by atoms with Crippen LogP contribution in [0, 0.1) is 0 Å². The van der Waals surface area contributed by atoms with Crippen LogP contribution in [0.2, 0.25) is 5.02 Å². The highest BCUT2D eigenvalue weighted by molar-refractivity contribution is 6.30. The molecule has 0 radical (unpaired) electrons.